The minimum Gasteiger partial charge on any atom is -0.340 e. The van der Waals surface area contributed by atoms with Crippen LogP contribution in [0.25, 0.3) is 0 Å². The van der Waals surface area contributed by atoms with E-state index in [0.29, 0.717) is 16.9 Å². The van der Waals surface area contributed by atoms with E-state index in [9.17, 15) is 4.79 Å². The van der Waals surface area contributed by atoms with Crippen molar-refractivity contribution in [2.24, 2.45) is 5.73 Å². The largest absolute Gasteiger partial charge is 0.340 e. The first kappa shape index (κ1) is 14.2. The van der Waals surface area contributed by atoms with Gasteiger partial charge in [-0.2, -0.15) is 11.8 Å². The minimum absolute atomic E-state index is 0.216. The van der Waals surface area contributed by atoms with Gasteiger partial charge in [0, 0.05) is 35.5 Å². The van der Waals surface area contributed by atoms with Gasteiger partial charge < -0.3 is 10.6 Å². The lowest BCUT2D eigenvalue weighted by atomic mass is 9.80. The zero-order chi connectivity index (χ0) is 13.2. The van der Waals surface area contributed by atoms with E-state index in [0.717, 1.165) is 25.9 Å². The molecule has 1 aliphatic carbocycles. The molecule has 1 saturated carbocycles. The number of nitrogens with zero attached hydrogens (tertiary/aromatic N) is 1. The van der Waals surface area contributed by atoms with Gasteiger partial charge in [0.25, 0.3) is 0 Å². The highest BCUT2D eigenvalue weighted by Crippen LogP contribution is 2.31. The lowest BCUT2D eigenvalue weighted by Gasteiger charge is -2.38. The molecular formula is C14H26N2OS. The van der Waals surface area contributed by atoms with Crippen LogP contribution < -0.4 is 5.73 Å². The van der Waals surface area contributed by atoms with Gasteiger partial charge in [0.1, 0.15) is 0 Å². The highest BCUT2D eigenvalue weighted by Gasteiger charge is 2.33. The van der Waals surface area contributed by atoms with E-state index in [1.165, 1.54) is 19.3 Å². The summed E-state index contributed by atoms with van der Waals surface area (Å²) in [5.41, 5.74) is 6.17. The van der Waals surface area contributed by atoms with Gasteiger partial charge in [-0.3, -0.25) is 4.79 Å². The zero-order valence-electron chi connectivity index (χ0n) is 11.7. The third-order valence-corrected chi connectivity index (χ3v) is 5.35. The molecule has 1 amide bonds. The fourth-order valence-corrected chi connectivity index (χ4v) is 4.55. The van der Waals surface area contributed by atoms with Crippen LogP contribution in [0.1, 0.15) is 52.4 Å². The fraction of sp³-hybridized carbons (Fsp3) is 0.929. The van der Waals surface area contributed by atoms with E-state index in [-0.39, 0.29) is 11.4 Å². The van der Waals surface area contributed by atoms with Gasteiger partial charge in [-0.15, -0.1) is 0 Å². The predicted octanol–water partition coefficient (Wildman–Crippen LogP) is 2.39. The van der Waals surface area contributed by atoms with Crippen molar-refractivity contribution in [1.82, 2.24) is 4.90 Å². The number of hydrogen-bond acceptors (Lipinski definition) is 3. The molecule has 2 fully saturated rings. The maximum Gasteiger partial charge on any atom is 0.224 e. The van der Waals surface area contributed by atoms with E-state index in [1.54, 1.807) is 0 Å². The van der Waals surface area contributed by atoms with Gasteiger partial charge in [0.15, 0.2) is 0 Å². The van der Waals surface area contributed by atoms with Crippen LogP contribution in [0.4, 0.5) is 0 Å². The second-order valence-corrected chi connectivity index (χ2v) is 8.04. The van der Waals surface area contributed by atoms with Crippen molar-refractivity contribution in [3.05, 3.63) is 0 Å². The summed E-state index contributed by atoms with van der Waals surface area (Å²) in [7, 11) is 0. The molecule has 104 valence electrons. The molecule has 2 rings (SSSR count). The molecule has 18 heavy (non-hydrogen) atoms. The Morgan fingerprint density at radius 1 is 1.22 bits per heavy atom. The number of amides is 1. The van der Waals surface area contributed by atoms with Gasteiger partial charge in [-0.05, 0) is 12.8 Å². The second kappa shape index (κ2) is 5.83. The molecule has 2 unspecified atom stereocenters. The first-order valence-corrected chi connectivity index (χ1v) is 8.15. The summed E-state index contributed by atoms with van der Waals surface area (Å²) >= 11 is 1.98. The van der Waals surface area contributed by atoms with Crippen LogP contribution in [0.2, 0.25) is 0 Å². The van der Waals surface area contributed by atoms with Crippen molar-refractivity contribution in [2.75, 3.05) is 13.1 Å². The van der Waals surface area contributed by atoms with Gasteiger partial charge in [0.05, 0.1) is 0 Å². The molecule has 0 bridgehead atoms. The van der Waals surface area contributed by atoms with Gasteiger partial charge in [-0.25, -0.2) is 0 Å². The highest BCUT2D eigenvalue weighted by atomic mass is 32.2. The average Bonchev–Trinajstić information content (AvgIpc) is 2.28. The molecule has 0 radical (unpaired) electrons. The Balaban J connectivity index is 1.90. The van der Waals surface area contributed by atoms with Gasteiger partial charge in [-0.1, -0.05) is 33.1 Å². The molecule has 0 spiro atoms. The van der Waals surface area contributed by atoms with Crippen LogP contribution in [-0.4, -0.2) is 39.9 Å². The van der Waals surface area contributed by atoms with Crippen molar-refractivity contribution >= 4 is 17.7 Å². The highest BCUT2D eigenvalue weighted by molar-refractivity contribution is 8.00. The van der Waals surface area contributed by atoms with E-state index in [1.807, 2.05) is 16.7 Å². The van der Waals surface area contributed by atoms with Crippen molar-refractivity contribution in [3.8, 4) is 0 Å². The van der Waals surface area contributed by atoms with Crippen molar-refractivity contribution < 1.29 is 4.79 Å². The SMILES string of the molecule is CC1CN(C(=O)CC2(N)CCCCC2)CC(C)S1. The van der Waals surface area contributed by atoms with Gasteiger partial charge >= 0.3 is 0 Å². The quantitative estimate of drug-likeness (QED) is 0.838. The van der Waals surface area contributed by atoms with Crippen molar-refractivity contribution in [2.45, 2.75) is 68.4 Å². The summed E-state index contributed by atoms with van der Waals surface area (Å²) in [5, 5.41) is 1.11. The van der Waals surface area contributed by atoms with Crippen molar-refractivity contribution in [3.63, 3.8) is 0 Å². The van der Waals surface area contributed by atoms with Crippen LogP contribution in [0.5, 0.6) is 0 Å². The maximum absolute atomic E-state index is 12.4. The lowest BCUT2D eigenvalue weighted by molar-refractivity contribution is -0.133. The average molecular weight is 270 g/mol. The third-order valence-electron chi connectivity index (χ3n) is 4.12. The number of rotatable bonds is 2. The first-order valence-electron chi connectivity index (χ1n) is 7.21. The molecule has 2 N–H and O–H groups in total. The van der Waals surface area contributed by atoms with Crippen LogP contribution in [-0.2, 0) is 4.79 Å². The molecular weight excluding hydrogens is 244 g/mol. The van der Waals surface area contributed by atoms with E-state index in [4.69, 9.17) is 5.73 Å². The summed E-state index contributed by atoms with van der Waals surface area (Å²) < 4.78 is 0. The molecule has 1 saturated heterocycles. The first-order chi connectivity index (χ1) is 8.48. The summed E-state index contributed by atoms with van der Waals surface area (Å²) in [6.45, 7) is 6.20. The maximum atomic E-state index is 12.4. The molecule has 2 aliphatic rings. The van der Waals surface area contributed by atoms with Crippen LogP contribution in [0.15, 0.2) is 0 Å². The third kappa shape index (κ3) is 3.64. The number of nitrogens with two attached hydrogens (primary N) is 1. The summed E-state index contributed by atoms with van der Waals surface area (Å²) in [4.78, 5) is 14.4. The number of thioether (sulfide) groups is 1. The molecule has 3 nitrogen and oxygen atoms in total. The molecule has 4 heteroatoms. The lowest BCUT2D eigenvalue weighted by Crippen LogP contribution is -2.50. The Morgan fingerprint density at radius 2 is 1.78 bits per heavy atom. The van der Waals surface area contributed by atoms with E-state index in [2.05, 4.69) is 13.8 Å². The molecule has 1 aliphatic heterocycles. The van der Waals surface area contributed by atoms with Crippen LogP contribution in [0, 0.1) is 0 Å². The smallest absolute Gasteiger partial charge is 0.224 e. The minimum atomic E-state index is -0.216. The Labute approximate surface area is 115 Å². The normalized spacial score (nSPS) is 32.3. The predicted molar refractivity (Wildman–Crippen MR) is 77.7 cm³/mol. The Morgan fingerprint density at radius 3 is 2.33 bits per heavy atom. The zero-order valence-corrected chi connectivity index (χ0v) is 12.5. The van der Waals surface area contributed by atoms with E-state index >= 15 is 0 Å². The van der Waals surface area contributed by atoms with Gasteiger partial charge in [0.2, 0.25) is 5.91 Å². The topological polar surface area (TPSA) is 46.3 Å². The summed E-state index contributed by atoms with van der Waals surface area (Å²) in [5.74, 6) is 0.276. The summed E-state index contributed by atoms with van der Waals surface area (Å²) in [6.07, 6.45) is 6.25. The number of hydrogen-bond donors (Lipinski definition) is 1. The van der Waals surface area contributed by atoms with Crippen LogP contribution in [0.3, 0.4) is 0 Å². The van der Waals surface area contributed by atoms with Crippen molar-refractivity contribution in [1.29, 1.82) is 0 Å². The Kier molecular flexibility index (Phi) is 4.59. The number of carbonyl (C=O) groups excluding carboxylic acids is 1. The van der Waals surface area contributed by atoms with E-state index < -0.39 is 0 Å². The standard InChI is InChI=1S/C14H26N2OS/c1-11-9-16(10-12(2)18-11)13(17)8-14(15)6-4-3-5-7-14/h11-12H,3-10,15H2,1-2H3. The Hall–Kier alpha value is -0.220. The number of carbonyl (C=O) groups is 1. The monoisotopic (exact) mass is 270 g/mol. The van der Waals surface area contributed by atoms with Crippen LogP contribution >= 0.6 is 11.8 Å². The second-order valence-electron chi connectivity index (χ2n) is 6.16. The molecule has 2 atom stereocenters. The molecule has 0 aromatic heterocycles. The fourth-order valence-electron chi connectivity index (χ4n) is 3.23. The molecule has 0 aromatic rings. The Bertz CT molecular complexity index is 292. The summed E-state index contributed by atoms with van der Waals surface area (Å²) in [6, 6.07) is 0. The molecule has 0 aromatic carbocycles. The molecule has 1 heterocycles.